The molecule has 4 heterocycles. The van der Waals surface area contributed by atoms with Crippen LogP contribution in [0.5, 0.6) is 0 Å². The summed E-state index contributed by atoms with van der Waals surface area (Å²) >= 11 is 0. The number of carbonyl (C=O) groups is 1. The molecule has 29 heavy (non-hydrogen) atoms. The van der Waals surface area contributed by atoms with Crippen molar-refractivity contribution >= 4 is 22.8 Å². The molecule has 2 aromatic heterocycles. The Kier molecular flexibility index (Phi) is 6.04. The Hall–Kier alpha value is -2.15. The maximum atomic E-state index is 13.1. The molecule has 0 unspecified atom stereocenters. The molecule has 0 saturated carbocycles. The van der Waals surface area contributed by atoms with Crippen LogP contribution < -0.4 is 10.2 Å². The van der Waals surface area contributed by atoms with Crippen LogP contribution in [0.2, 0.25) is 0 Å². The predicted octanol–water partition coefficient (Wildman–Crippen LogP) is 3.23. The number of anilines is 1. The van der Waals surface area contributed by atoms with Crippen molar-refractivity contribution < 1.29 is 9.21 Å². The molecule has 2 aliphatic rings. The number of aromatic nitrogens is 2. The highest BCUT2D eigenvalue weighted by atomic mass is 16.3. The highest BCUT2D eigenvalue weighted by Crippen LogP contribution is 2.32. The number of amides is 1. The molecule has 7 heteroatoms. The second kappa shape index (κ2) is 8.69. The molecule has 1 N–H and O–H groups in total. The van der Waals surface area contributed by atoms with Gasteiger partial charge in [-0.15, -0.1) is 0 Å². The zero-order valence-corrected chi connectivity index (χ0v) is 17.9. The van der Waals surface area contributed by atoms with Gasteiger partial charge in [-0.05, 0) is 44.4 Å². The van der Waals surface area contributed by atoms with Crippen molar-refractivity contribution in [2.24, 2.45) is 11.8 Å². The van der Waals surface area contributed by atoms with E-state index in [0.717, 1.165) is 68.6 Å². The summed E-state index contributed by atoms with van der Waals surface area (Å²) in [6.45, 7) is 12.1. The standard InChI is InChI=1S/C22H33N5O2/c1-15-11-16(2)13-26(12-15)10-7-23-21(28)18-17(3)29-22-19(18)20(24-14-25-22)27-8-5-4-6-9-27/h14-16H,4-13H2,1-3H3,(H,23,28)/t15-,16+. The number of nitrogens with one attached hydrogen (secondary N) is 1. The number of nitrogens with zero attached hydrogens (tertiary/aromatic N) is 4. The van der Waals surface area contributed by atoms with Gasteiger partial charge in [0, 0.05) is 39.3 Å². The van der Waals surface area contributed by atoms with E-state index < -0.39 is 0 Å². The van der Waals surface area contributed by atoms with Crippen LogP contribution in [0.1, 0.15) is 55.6 Å². The van der Waals surface area contributed by atoms with E-state index >= 15 is 0 Å². The third-order valence-electron chi connectivity index (χ3n) is 6.19. The lowest BCUT2D eigenvalue weighted by molar-refractivity contribution is 0.0936. The van der Waals surface area contributed by atoms with Gasteiger partial charge in [0.2, 0.25) is 5.71 Å². The number of hydrogen-bond acceptors (Lipinski definition) is 6. The zero-order chi connectivity index (χ0) is 20.4. The predicted molar refractivity (Wildman–Crippen MR) is 114 cm³/mol. The number of furan rings is 1. The number of fused-ring (bicyclic) bond motifs is 1. The van der Waals surface area contributed by atoms with Gasteiger partial charge in [0.1, 0.15) is 17.9 Å². The zero-order valence-electron chi connectivity index (χ0n) is 17.9. The topological polar surface area (TPSA) is 74.5 Å². The first-order valence-electron chi connectivity index (χ1n) is 11.0. The molecule has 4 rings (SSSR count). The fourth-order valence-electron chi connectivity index (χ4n) is 5.04. The lowest BCUT2D eigenvalue weighted by Crippen LogP contribution is -2.42. The van der Waals surface area contributed by atoms with E-state index in [1.165, 1.54) is 19.2 Å². The maximum absolute atomic E-state index is 13.1. The summed E-state index contributed by atoms with van der Waals surface area (Å²) in [7, 11) is 0. The molecule has 158 valence electrons. The van der Waals surface area contributed by atoms with Gasteiger partial charge in [0.15, 0.2) is 0 Å². The first-order chi connectivity index (χ1) is 14.0. The molecule has 2 saturated heterocycles. The summed E-state index contributed by atoms with van der Waals surface area (Å²) < 4.78 is 5.83. The molecule has 7 nitrogen and oxygen atoms in total. The Balaban J connectivity index is 1.49. The largest absolute Gasteiger partial charge is 0.442 e. The van der Waals surface area contributed by atoms with E-state index in [1.54, 1.807) is 0 Å². The molecule has 0 aliphatic carbocycles. The molecule has 0 bridgehead atoms. The van der Waals surface area contributed by atoms with Crippen molar-refractivity contribution in [2.75, 3.05) is 44.2 Å². The molecular formula is C22H33N5O2. The second-order valence-corrected chi connectivity index (χ2v) is 8.92. The summed E-state index contributed by atoms with van der Waals surface area (Å²) in [4.78, 5) is 26.6. The van der Waals surface area contributed by atoms with Gasteiger partial charge in [0.05, 0.1) is 10.9 Å². The van der Waals surface area contributed by atoms with Crippen LogP contribution in [-0.2, 0) is 0 Å². The van der Waals surface area contributed by atoms with Crippen molar-refractivity contribution in [1.29, 1.82) is 0 Å². The Bertz CT molecular complexity index is 848. The summed E-state index contributed by atoms with van der Waals surface area (Å²) in [5, 5.41) is 3.86. The number of carbonyl (C=O) groups excluding carboxylic acids is 1. The van der Waals surface area contributed by atoms with Crippen molar-refractivity contribution in [1.82, 2.24) is 20.2 Å². The third-order valence-corrected chi connectivity index (χ3v) is 6.19. The van der Waals surface area contributed by atoms with Crippen LogP contribution in [0.25, 0.3) is 11.1 Å². The SMILES string of the molecule is Cc1oc2ncnc(N3CCCCC3)c2c1C(=O)NCCN1C[C@H](C)C[C@H](C)C1. The number of aryl methyl sites for hydroxylation is 1. The first-order valence-corrected chi connectivity index (χ1v) is 11.0. The van der Waals surface area contributed by atoms with Gasteiger partial charge in [-0.1, -0.05) is 13.8 Å². The second-order valence-electron chi connectivity index (χ2n) is 8.92. The number of hydrogen-bond donors (Lipinski definition) is 1. The number of piperidine rings is 2. The van der Waals surface area contributed by atoms with Crippen LogP contribution in [0, 0.1) is 18.8 Å². The quantitative estimate of drug-likeness (QED) is 0.832. The molecule has 0 spiro atoms. The van der Waals surface area contributed by atoms with Crippen molar-refractivity contribution in [3.05, 3.63) is 17.7 Å². The molecule has 1 amide bonds. The third kappa shape index (κ3) is 4.39. The van der Waals surface area contributed by atoms with Gasteiger partial charge in [0.25, 0.3) is 5.91 Å². The smallest absolute Gasteiger partial charge is 0.255 e. The van der Waals surface area contributed by atoms with E-state index in [1.807, 2.05) is 6.92 Å². The van der Waals surface area contributed by atoms with Gasteiger partial charge < -0.3 is 19.5 Å². The monoisotopic (exact) mass is 399 g/mol. The van der Waals surface area contributed by atoms with Crippen molar-refractivity contribution in [3.8, 4) is 0 Å². The van der Waals surface area contributed by atoms with Crippen LogP contribution in [0.3, 0.4) is 0 Å². The van der Waals surface area contributed by atoms with Gasteiger partial charge in [-0.2, -0.15) is 0 Å². The van der Waals surface area contributed by atoms with Crippen molar-refractivity contribution in [2.45, 2.75) is 46.5 Å². The lowest BCUT2D eigenvalue weighted by atomic mass is 9.92. The highest BCUT2D eigenvalue weighted by molar-refractivity contribution is 6.10. The normalized spacial score (nSPS) is 23.5. The molecular weight excluding hydrogens is 366 g/mol. The minimum absolute atomic E-state index is 0.0904. The Morgan fingerprint density at radius 1 is 1.17 bits per heavy atom. The Morgan fingerprint density at radius 3 is 2.62 bits per heavy atom. The Labute approximate surface area is 172 Å². The summed E-state index contributed by atoms with van der Waals surface area (Å²) in [6.07, 6.45) is 6.38. The van der Waals surface area contributed by atoms with Crippen LogP contribution >= 0.6 is 0 Å². The molecule has 2 aromatic rings. The molecule has 2 atom stereocenters. The summed E-state index contributed by atoms with van der Waals surface area (Å²) in [5.74, 6) is 2.79. The summed E-state index contributed by atoms with van der Waals surface area (Å²) in [6, 6.07) is 0. The molecule has 0 aromatic carbocycles. The average Bonchev–Trinajstić information content (AvgIpc) is 3.03. The molecule has 2 aliphatic heterocycles. The fourth-order valence-corrected chi connectivity index (χ4v) is 5.04. The van der Waals surface area contributed by atoms with E-state index in [4.69, 9.17) is 4.42 Å². The van der Waals surface area contributed by atoms with Crippen LogP contribution in [0.4, 0.5) is 5.82 Å². The van der Waals surface area contributed by atoms with Crippen molar-refractivity contribution in [3.63, 3.8) is 0 Å². The fraction of sp³-hybridized carbons (Fsp3) is 0.682. The lowest BCUT2D eigenvalue weighted by Gasteiger charge is -2.34. The minimum atomic E-state index is -0.0904. The van der Waals surface area contributed by atoms with E-state index in [-0.39, 0.29) is 5.91 Å². The maximum Gasteiger partial charge on any atom is 0.255 e. The Morgan fingerprint density at radius 2 is 1.90 bits per heavy atom. The number of likely N-dealkylation sites (tertiary alicyclic amines) is 1. The highest BCUT2D eigenvalue weighted by Gasteiger charge is 2.26. The van der Waals surface area contributed by atoms with Gasteiger partial charge in [-0.3, -0.25) is 4.79 Å². The van der Waals surface area contributed by atoms with E-state index in [9.17, 15) is 4.79 Å². The first kappa shape index (κ1) is 20.1. The van der Waals surface area contributed by atoms with Gasteiger partial charge in [-0.25, -0.2) is 9.97 Å². The minimum Gasteiger partial charge on any atom is -0.442 e. The average molecular weight is 400 g/mol. The van der Waals surface area contributed by atoms with E-state index in [2.05, 4.69) is 38.9 Å². The molecule has 2 fully saturated rings. The van der Waals surface area contributed by atoms with E-state index in [0.29, 0.717) is 23.6 Å². The molecule has 0 radical (unpaired) electrons. The van der Waals surface area contributed by atoms with Crippen LogP contribution in [-0.4, -0.2) is 60.0 Å². The summed E-state index contributed by atoms with van der Waals surface area (Å²) in [5.41, 5.74) is 1.09. The number of rotatable bonds is 5. The van der Waals surface area contributed by atoms with Crippen LogP contribution in [0.15, 0.2) is 10.7 Å². The van der Waals surface area contributed by atoms with Gasteiger partial charge >= 0.3 is 0 Å².